The zero-order valence-electron chi connectivity index (χ0n) is 21.7. The van der Waals surface area contributed by atoms with Gasteiger partial charge in [-0.3, -0.25) is 9.59 Å². The van der Waals surface area contributed by atoms with Gasteiger partial charge in [0.1, 0.15) is 11.5 Å². The third-order valence-electron chi connectivity index (χ3n) is 6.87. The van der Waals surface area contributed by atoms with Gasteiger partial charge in [-0.05, 0) is 53.1 Å². The lowest BCUT2D eigenvalue weighted by Crippen LogP contribution is -2.29. The molecule has 38 heavy (non-hydrogen) atoms. The molecular formula is C32H30N2O4. The Hall–Kier alpha value is -4.58. The molecule has 1 heterocycles. The van der Waals surface area contributed by atoms with Gasteiger partial charge in [0.2, 0.25) is 0 Å². The molecule has 4 aromatic rings. The van der Waals surface area contributed by atoms with E-state index in [0.29, 0.717) is 17.9 Å². The Bertz CT molecular complexity index is 1530. The SMILES string of the molecule is CCOc1cccc(CN2C(=O)C(=O)/C(=C(\O)c3cccc4ccccc34)C2c2ccc(N(C)C)cc2)c1. The molecule has 5 rings (SSSR count). The third-order valence-corrected chi connectivity index (χ3v) is 6.87. The van der Waals surface area contributed by atoms with Crippen LogP contribution in [0.5, 0.6) is 5.75 Å². The summed E-state index contributed by atoms with van der Waals surface area (Å²) >= 11 is 0. The maximum atomic E-state index is 13.5. The molecule has 1 atom stereocenters. The van der Waals surface area contributed by atoms with Crippen LogP contribution in [-0.2, 0) is 16.1 Å². The molecular weight excluding hydrogens is 476 g/mol. The Morgan fingerprint density at radius 3 is 2.37 bits per heavy atom. The van der Waals surface area contributed by atoms with Crippen molar-refractivity contribution in [3.05, 3.63) is 113 Å². The number of nitrogens with zero attached hydrogens (tertiary/aromatic N) is 2. The first-order valence-corrected chi connectivity index (χ1v) is 12.6. The number of carbonyl (C=O) groups excluding carboxylic acids is 2. The van der Waals surface area contributed by atoms with Crippen LogP contribution in [0.3, 0.4) is 0 Å². The highest BCUT2D eigenvalue weighted by Gasteiger charge is 2.46. The zero-order chi connectivity index (χ0) is 26.8. The lowest BCUT2D eigenvalue weighted by molar-refractivity contribution is -0.140. The van der Waals surface area contributed by atoms with E-state index < -0.39 is 17.7 Å². The molecule has 1 aliphatic rings. The van der Waals surface area contributed by atoms with E-state index >= 15 is 0 Å². The number of ether oxygens (including phenoxy) is 1. The van der Waals surface area contributed by atoms with Crippen LogP contribution >= 0.6 is 0 Å². The molecule has 6 heteroatoms. The maximum absolute atomic E-state index is 13.5. The second-order valence-corrected chi connectivity index (χ2v) is 9.52. The quantitative estimate of drug-likeness (QED) is 0.191. The van der Waals surface area contributed by atoms with Gasteiger partial charge in [-0.25, -0.2) is 0 Å². The maximum Gasteiger partial charge on any atom is 0.295 e. The van der Waals surface area contributed by atoms with Crippen LogP contribution in [0.2, 0.25) is 0 Å². The highest BCUT2D eigenvalue weighted by atomic mass is 16.5. The minimum absolute atomic E-state index is 0.0879. The Kier molecular flexibility index (Phi) is 6.88. The Labute approximate surface area is 222 Å². The first kappa shape index (κ1) is 25.1. The molecule has 1 unspecified atom stereocenters. The van der Waals surface area contributed by atoms with Crippen molar-refractivity contribution in [1.82, 2.24) is 4.90 Å². The number of anilines is 1. The number of hydrogen-bond donors (Lipinski definition) is 1. The van der Waals surface area contributed by atoms with Crippen molar-refractivity contribution < 1.29 is 19.4 Å². The van der Waals surface area contributed by atoms with E-state index in [1.165, 1.54) is 4.90 Å². The highest BCUT2D eigenvalue weighted by molar-refractivity contribution is 6.46. The van der Waals surface area contributed by atoms with Gasteiger partial charge in [-0.1, -0.05) is 66.7 Å². The molecule has 1 aliphatic heterocycles. The molecule has 0 spiro atoms. The van der Waals surface area contributed by atoms with Gasteiger partial charge in [-0.2, -0.15) is 0 Å². The molecule has 0 aromatic heterocycles. The van der Waals surface area contributed by atoms with Crippen LogP contribution in [0.4, 0.5) is 5.69 Å². The Balaban J connectivity index is 1.66. The van der Waals surface area contributed by atoms with Crippen molar-refractivity contribution in [1.29, 1.82) is 0 Å². The zero-order valence-corrected chi connectivity index (χ0v) is 21.7. The third kappa shape index (κ3) is 4.61. The number of carbonyl (C=O) groups is 2. The first-order valence-electron chi connectivity index (χ1n) is 12.6. The van der Waals surface area contributed by atoms with Gasteiger partial charge in [-0.15, -0.1) is 0 Å². The molecule has 1 N–H and O–H groups in total. The van der Waals surface area contributed by atoms with Gasteiger partial charge in [0.05, 0.1) is 18.2 Å². The van der Waals surface area contributed by atoms with E-state index in [0.717, 1.165) is 27.6 Å². The van der Waals surface area contributed by atoms with Gasteiger partial charge in [0.15, 0.2) is 0 Å². The molecule has 0 radical (unpaired) electrons. The molecule has 0 bridgehead atoms. The molecule has 4 aromatic carbocycles. The van der Waals surface area contributed by atoms with E-state index in [1.807, 2.05) is 111 Å². The Morgan fingerprint density at radius 1 is 0.921 bits per heavy atom. The highest BCUT2D eigenvalue weighted by Crippen LogP contribution is 2.41. The summed E-state index contributed by atoms with van der Waals surface area (Å²) in [6.45, 7) is 2.63. The number of ketones is 1. The summed E-state index contributed by atoms with van der Waals surface area (Å²) in [5.41, 5.74) is 3.18. The van der Waals surface area contributed by atoms with Crippen molar-refractivity contribution >= 4 is 33.9 Å². The van der Waals surface area contributed by atoms with E-state index in [2.05, 4.69) is 0 Å². The fourth-order valence-electron chi connectivity index (χ4n) is 5.02. The molecule has 1 amide bonds. The van der Waals surface area contributed by atoms with Crippen LogP contribution < -0.4 is 9.64 Å². The predicted octanol–water partition coefficient (Wildman–Crippen LogP) is 5.93. The van der Waals surface area contributed by atoms with Crippen LogP contribution in [0.1, 0.15) is 29.7 Å². The van der Waals surface area contributed by atoms with Gasteiger partial charge in [0.25, 0.3) is 11.7 Å². The fraction of sp³-hybridized carbons (Fsp3) is 0.188. The lowest BCUT2D eigenvalue weighted by Gasteiger charge is -2.26. The molecule has 0 aliphatic carbocycles. The summed E-state index contributed by atoms with van der Waals surface area (Å²) in [4.78, 5) is 30.5. The standard InChI is InChI=1S/C32H30N2O4/c1-4-38-25-12-7-9-21(19-25)20-34-29(23-15-17-24(18-16-23)33(2)3)28(31(36)32(34)37)30(35)27-14-8-11-22-10-5-6-13-26(22)27/h5-19,29,35H,4,20H2,1-3H3/b30-28-. The van der Waals surface area contributed by atoms with Gasteiger partial charge in [0, 0.05) is 31.9 Å². The Morgan fingerprint density at radius 2 is 1.63 bits per heavy atom. The van der Waals surface area contributed by atoms with Crippen LogP contribution in [0.15, 0.2) is 96.6 Å². The van der Waals surface area contributed by atoms with Crippen molar-refractivity contribution in [3.63, 3.8) is 0 Å². The summed E-state index contributed by atoms with van der Waals surface area (Å²) in [5.74, 6) is -0.815. The molecule has 192 valence electrons. The number of rotatable bonds is 7. The number of amides is 1. The molecule has 6 nitrogen and oxygen atoms in total. The summed E-state index contributed by atoms with van der Waals surface area (Å²) in [7, 11) is 3.90. The number of hydrogen-bond acceptors (Lipinski definition) is 5. The monoisotopic (exact) mass is 506 g/mol. The van der Waals surface area contributed by atoms with Crippen molar-refractivity contribution in [2.24, 2.45) is 0 Å². The number of fused-ring (bicyclic) bond motifs is 1. The van der Waals surface area contributed by atoms with Crippen LogP contribution in [-0.4, -0.2) is 42.4 Å². The topological polar surface area (TPSA) is 70.1 Å². The molecule has 1 fully saturated rings. The van der Waals surface area contributed by atoms with Crippen LogP contribution in [0, 0.1) is 0 Å². The summed E-state index contributed by atoms with van der Waals surface area (Å²) in [6, 6.07) is 27.7. The second kappa shape index (κ2) is 10.4. The van der Waals surface area contributed by atoms with Gasteiger partial charge < -0.3 is 19.6 Å². The number of benzene rings is 4. The number of aliphatic hydroxyl groups is 1. The minimum Gasteiger partial charge on any atom is -0.507 e. The fourth-order valence-corrected chi connectivity index (χ4v) is 5.02. The van der Waals surface area contributed by atoms with Crippen molar-refractivity contribution in [3.8, 4) is 5.75 Å². The average Bonchev–Trinajstić information content (AvgIpc) is 3.17. The van der Waals surface area contributed by atoms with Crippen molar-refractivity contribution in [2.45, 2.75) is 19.5 Å². The number of aliphatic hydroxyl groups excluding tert-OH is 1. The number of Topliss-reactive ketones (excluding diaryl/α,β-unsaturated/α-hetero) is 1. The summed E-state index contributed by atoms with van der Waals surface area (Å²) in [5, 5.41) is 13.4. The summed E-state index contributed by atoms with van der Waals surface area (Å²) in [6.07, 6.45) is 0. The smallest absolute Gasteiger partial charge is 0.295 e. The predicted molar refractivity (Wildman–Crippen MR) is 150 cm³/mol. The normalized spacial score (nSPS) is 16.7. The minimum atomic E-state index is -0.749. The second-order valence-electron chi connectivity index (χ2n) is 9.52. The largest absolute Gasteiger partial charge is 0.507 e. The van der Waals surface area contributed by atoms with Crippen molar-refractivity contribution in [2.75, 3.05) is 25.6 Å². The first-order chi connectivity index (χ1) is 18.4. The lowest BCUT2D eigenvalue weighted by atomic mass is 9.93. The van der Waals surface area contributed by atoms with E-state index in [1.54, 1.807) is 6.07 Å². The van der Waals surface area contributed by atoms with Crippen LogP contribution in [0.25, 0.3) is 16.5 Å². The van der Waals surface area contributed by atoms with Gasteiger partial charge >= 0.3 is 0 Å². The average molecular weight is 507 g/mol. The van der Waals surface area contributed by atoms with E-state index in [-0.39, 0.29) is 17.9 Å². The number of likely N-dealkylation sites (tertiary alicyclic amines) is 1. The molecule has 1 saturated heterocycles. The van der Waals surface area contributed by atoms with E-state index in [9.17, 15) is 14.7 Å². The molecule has 0 saturated carbocycles. The van der Waals surface area contributed by atoms with E-state index in [4.69, 9.17) is 4.74 Å². The summed E-state index contributed by atoms with van der Waals surface area (Å²) < 4.78 is 5.64.